The summed E-state index contributed by atoms with van der Waals surface area (Å²) in [5, 5.41) is 0. The van der Waals surface area contributed by atoms with Gasteiger partial charge in [0.2, 0.25) is 0 Å². The van der Waals surface area contributed by atoms with E-state index in [4.69, 9.17) is 5.73 Å². The van der Waals surface area contributed by atoms with Gasteiger partial charge in [0.25, 0.3) is 0 Å². The summed E-state index contributed by atoms with van der Waals surface area (Å²) in [7, 11) is 0. The Kier molecular flexibility index (Phi) is 2.38. The molecule has 0 aliphatic carbocycles. The number of nitrogen functional groups attached to an aromatic ring is 1. The monoisotopic (exact) mass is 164 g/mol. The van der Waals surface area contributed by atoms with Crippen molar-refractivity contribution >= 4 is 12.1 Å². The SMILES string of the molecule is Nc1ncc(C#CC=O)cc1F. The Bertz CT molecular complexity index is 365. The van der Waals surface area contributed by atoms with E-state index in [1.807, 2.05) is 0 Å². The highest BCUT2D eigenvalue weighted by atomic mass is 19.1. The smallest absolute Gasteiger partial charge is 0.193 e. The summed E-state index contributed by atoms with van der Waals surface area (Å²) in [6.45, 7) is 0. The Morgan fingerprint density at radius 2 is 2.42 bits per heavy atom. The predicted octanol–water partition coefficient (Wildman–Crippen LogP) is 0.353. The van der Waals surface area contributed by atoms with Gasteiger partial charge in [-0.2, -0.15) is 0 Å². The number of aldehydes is 1. The quantitative estimate of drug-likeness (QED) is 0.444. The number of hydrogen-bond acceptors (Lipinski definition) is 3. The summed E-state index contributed by atoms with van der Waals surface area (Å²) in [5.41, 5.74) is 5.44. The lowest BCUT2D eigenvalue weighted by atomic mass is 10.3. The van der Waals surface area contributed by atoms with Gasteiger partial charge in [0.05, 0.1) is 0 Å². The van der Waals surface area contributed by atoms with Crippen LogP contribution >= 0.6 is 0 Å². The first-order valence-corrected chi connectivity index (χ1v) is 3.10. The molecule has 1 aromatic rings. The molecule has 2 N–H and O–H groups in total. The Labute approximate surface area is 68.4 Å². The molecule has 1 aromatic heterocycles. The highest BCUT2D eigenvalue weighted by Crippen LogP contribution is 2.06. The zero-order valence-corrected chi connectivity index (χ0v) is 6.04. The Morgan fingerprint density at radius 1 is 1.67 bits per heavy atom. The third-order valence-corrected chi connectivity index (χ3v) is 1.15. The van der Waals surface area contributed by atoms with Crippen molar-refractivity contribution in [3.8, 4) is 11.8 Å². The van der Waals surface area contributed by atoms with E-state index in [2.05, 4.69) is 16.8 Å². The molecule has 0 unspecified atom stereocenters. The lowest BCUT2D eigenvalue weighted by molar-refractivity contribution is -0.103. The zero-order chi connectivity index (χ0) is 8.97. The lowest BCUT2D eigenvalue weighted by Gasteiger charge is -1.93. The van der Waals surface area contributed by atoms with Gasteiger partial charge < -0.3 is 5.73 Å². The molecule has 1 rings (SSSR count). The van der Waals surface area contributed by atoms with Crippen LogP contribution in [-0.4, -0.2) is 11.3 Å². The van der Waals surface area contributed by atoms with Gasteiger partial charge in [0.1, 0.15) is 0 Å². The molecule has 0 fully saturated rings. The molecule has 0 aliphatic rings. The molecule has 0 radical (unpaired) electrons. The number of carbonyl (C=O) groups is 1. The van der Waals surface area contributed by atoms with Crippen LogP contribution in [0.25, 0.3) is 0 Å². The maximum Gasteiger partial charge on any atom is 0.193 e. The Balaban J connectivity index is 3.04. The first kappa shape index (κ1) is 8.21. The van der Waals surface area contributed by atoms with Gasteiger partial charge in [-0.15, -0.1) is 0 Å². The minimum absolute atomic E-state index is 0.174. The van der Waals surface area contributed by atoms with Crippen molar-refractivity contribution in [3.05, 3.63) is 23.6 Å². The molecule has 0 amide bonds. The second-order valence-electron chi connectivity index (χ2n) is 1.98. The highest BCUT2D eigenvalue weighted by molar-refractivity contribution is 5.73. The summed E-state index contributed by atoms with van der Waals surface area (Å²) in [4.78, 5) is 13.3. The van der Waals surface area contributed by atoms with Gasteiger partial charge in [-0.25, -0.2) is 9.37 Å². The number of nitrogens with zero attached hydrogens (tertiary/aromatic N) is 1. The van der Waals surface area contributed by atoms with E-state index >= 15 is 0 Å². The molecule has 0 saturated heterocycles. The number of anilines is 1. The van der Waals surface area contributed by atoms with Gasteiger partial charge in [-0.1, -0.05) is 5.92 Å². The Morgan fingerprint density at radius 3 is 3.00 bits per heavy atom. The topological polar surface area (TPSA) is 56.0 Å². The number of carbonyl (C=O) groups excluding carboxylic acids is 1. The molecule has 0 bridgehead atoms. The molecule has 0 saturated carbocycles. The van der Waals surface area contributed by atoms with Crippen LogP contribution in [0, 0.1) is 17.7 Å². The van der Waals surface area contributed by atoms with Crippen LogP contribution in [0.5, 0.6) is 0 Å². The van der Waals surface area contributed by atoms with E-state index < -0.39 is 5.82 Å². The van der Waals surface area contributed by atoms with Crippen molar-refractivity contribution in [1.29, 1.82) is 0 Å². The highest BCUT2D eigenvalue weighted by Gasteiger charge is 1.98. The molecule has 0 aliphatic heterocycles. The zero-order valence-electron chi connectivity index (χ0n) is 6.04. The number of hydrogen-bond donors (Lipinski definition) is 1. The van der Waals surface area contributed by atoms with Crippen LogP contribution in [0.15, 0.2) is 12.3 Å². The van der Waals surface area contributed by atoms with Crippen molar-refractivity contribution in [3.63, 3.8) is 0 Å². The van der Waals surface area contributed by atoms with Crippen molar-refractivity contribution < 1.29 is 9.18 Å². The van der Waals surface area contributed by atoms with Crippen LogP contribution < -0.4 is 5.73 Å². The fourth-order valence-electron chi connectivity index (χ4n) is 0.630. The maximum atomic E-state index is 12.7. The fourth-order valence-corrected chi connectivity index (χ4v) is 0.630. The van der Waals surface area contributed by atoms with Crippen molar-refractivity contribution in [2.24, 2.45) is 0 Å². The predicted molar refractivity (Wildman–Crippen MR) is 41.5 cm³/mol. The van der Waals surface area contributed by atoms with Crippen LogP contribution in [0.3, 0.4) is 0 Å². The molecule has 0 spiro atoms. The van der Waals surface area contributed by atoms with Crippen molar-refractivity contribution in [1.82, 2.24) is 4.98 Å². The van der Waals surface area contributed by atoms with E-state index in [9.17, 15) is 9.18 Å². The molecular formula is C8H5FN2O. The summed E-state index contributed by atoms with van der Waals surface area (Å²) in [5.74, 6) is 3.71. The molecular weight excluding hydrogens is 159 g/mol. The van der Waals surface area contributed by atoms with Gasteiger partial charge in [0.15, 0.2) is 17.9 Å². The second-order valence-corrected chi connectivity index (χ2v) is 1.98. The van der Waals surface area contributed by atoms with E-state index in [-0.39, 0.29) is 5.82 Å². The first-order chi connectivity index (χ1) is 5.74. The number of rotatable bonds is 0. The molecule has 60 valence electrons. The van der Waals surface area contributed by atoms with Gasteiger partial charge in [-0.05, 0) is 12.0 Å². The molecule has 0 aromatic carbocycles. The average Bonchev–Trinajstić information content (AvgIpc) is 2.07. The van der Waals surface area contributed by atoms with Gasteiger partial charge >= 0.3 is 0 Å². The second kappa shape index (κ2) is 3.49. The number of aromatic nitrogens is 1. The third-order valence-electron chi connectivity index (χ3n) is 1.15. The summed E-state index contributed by atoms with van der Waals surface area (Å²) < 4.78 is 12.7. The summed E-state index contributed by atoms with van der Waals surface area (Å²) in [6.07, 6.45) is 1.73. The average molecular weight is 164 g/mol. The molecule has 3 nitrogen and oxygen atoms in total. The lowest BCUT2D eigenvalue weighted by Crippen LogP contribution is -1.94. The largest absolute Gasteiger partial charge is 0.381 e. The number of pyridine rings is 1. The molecule has 4 heteroatoms. The minimum atomic E-state index is -0.632. The van der Waals surface area contributed by atoms with Crippen LogP contribution in [0.1, 0.15) is 5.56 Å². The standard InChI is InChI=1S/C8H5FN2O/c9-7-4-6(2-1-3-12)5-11-8(7)10/h3-5H,(H2,10,11). The third kappa shape index (κ3) is 1.80. The molecule has 1 heterocycles. The minimum Gasteiger partial charge on any atom is -0.381 e. The van der Waals surface area contributed by atoms with Gasteiger partial charge in [0, 0.05) is 11.8 Å². The van der Waals surface area contributed by atoms with E-state index in [0.717, 1.165) is 6.07 Å². The molecule has 0 atom stereocenters. The van der Waals surface area contributed by atoms with E-state index in [0.29, 0.717) is 11.8 Å². The van der Waals surface area contributed by atoms with Crippen LogP contribution in [-0.2, 0) is 4.79 Å². The van der Waals surface area contributed by atoms with Crippen molar-refractivity contribution in [2.75, 3.05) is 5.73 Å². The number of halogens is 1. The van der Waals surface area contributed by atoms with E-state index in [1.165, 1.54) is 6.20 Å². The summed E-state index contributed by atoms with van der Waals surface area (Å²) in [6, 6.07) is 1.12. The normalized spacial score (nSPS) is 8.42. The first-order valence-electron chi connectivity index (χ1n) is 3.10. The molecule has 12 heavy (non-hydrogen) atoms. The van der Waals surface area contributed by atoms with Gasteiger partial charge in [-0.3, -0.25) is 4.79 Å². The maximum absolute atomic E-state index is 12.7. The van der Waals surface area contributed by atoms with Crippen LogP contribution in [0.4, 0.5) is 10.2 Å². The van der Waals surface area contributed by atoms with Crippen LogP contribution in [0.2, 0.25) is 0 Å². The fraction of sp³-hybridized carbons (Fsp3) is 0. The number of nitrogens with two attached hydrogens (primary N) is 1. The van der Waals surface area contributed by atoms with E-state index in [1.54, 1.807) is 0 Å². The summed E-state index contributed by atoms with van der Waals surface area (Å²) >= 11 is 0. The van der Waals surface area contributed by atoms with Crippen molar-refractivity contribution in [2.45, 2.75) is 0 Å². The Hall–Kier alpha value is -1.89.